The number of rotatable bonds is 4. The molecule has 0 saturated heterocycles. The van der Waals surface area contributed by atoms with Crippen molar-refractivity contribution < 1.29 is 13.9 Å². The molecule has 0 heterocycles. The molecule has 0 spiro atoms. The Morgan fingerprint density at radius 1 is 1.47 bits per heavy atom. The lowest BCUT2D eigenvalue weighted by atomic mass is 10.2. The van der Waals surface area contributed by atoms with Crippen LogP contribution in [0.3, 0.4) is 0 Å². The Labute approximate surface area is 88.5 Å². The average Bonchev–Trinajstić information content (AvgIpc) is 2.17. The number of ether oxygens (including phenoxy) is 1. The third-order valence-electron chi connectivity index (χ3n) is 1.83. The van der Waals surface area contributed by atoms with E-state index < -0.39 is 11.8 Å². The average molecular weight is 211 g/mol. The molecule has 0 fully saturated rings. The van der Waals surface area contributed by atoms with Gasteiger partial charge in [-0.25, -0.2) is 9.18 Å². The summed E-state index contributed by atoms with van der Waals surface area (Å²) in [5.41, 5.74) is 0.244. The van der Waals surface area contributed by atoms with Gasteiger partial charge in [0, 0.05) is 6.54 Å². The van der Waals surface area contributed by atoms with Gasteiger partial charge in [0.1, 0.15) is 12.4 Å². The van der Waals surface area contributed by atoms with Crippen LogP contribution in [0.1, 0.15) is 10.4 Å². The van der Waals surface area contributed by atoms with E-state index in [1.165, 1.54) is 18.2 Å². The highest BCUT2D eigenvalue weighted by molar-refractivity contribution is 5.89. The van der Waals surface area contributed by atoms with Crippen LogP contribution in [0.25, 0.3) is 0 Å². The molecular formula is C11H14FNO2. The van der Waals surface area contributed by atoms with Gasteiger partial charge in [-0.1, -0.05) is 6.07 Å². The molecule has 0 atom stereocenters. The smallest absolute Gasteiger partial charge is 0.338 e. The van der Waals surface area contributed by atoms with Crippen LogP contribution in [0.4, 0.5) is 4.39 Å². The second-order valence-electron chi connectivity index (χ2n) is 3.45. The first-order chi connectivity index (χ1) is 7.09. The van der Waals surface area contributed by atoms with Crippen LogP contribution in [-0.4, -0.2) is 38.1 Å². The number of hydrogen-bond acceptors (Lipinski definition) is 3. The highest BCUT2D eigenvalue weighted by atomic mass is 19.1. The number of hydrogen-bond donors (Lipinski definition) is 0. The molecule has 15 heavy (non-hydrogen) atoms. The molecule has 1 rings (SSSR count). The Bertz CT molecular complexity index is 339. The lowest BCUT2D eigenvalue weighted by Crippen LogP contribution is -2.20. The van der Waals surface area contributed by atoms with Crippen molar-refractivity contribution in [3.63, 3.8) is 0 Å². The molecule has 0 radical (unpaired) electrons. The molecule has 0 bridgehead atoms. The van der Waals surface area contributed by atoms with Crippen LogP contribution in [0.5, 0.6) is 0 Å². The Morgan fingerprint density at radius 2 is 2.20 bits per heavy atom. The fraction of sp³-hybridized carbons (Fsp3) is 0.364. The molecule has 3 nitrogen and oxygen atoms in total. The maximum absolute atomic E-state index is 12.8. The fourth-order valence-electron chi connectivity index (χ4n) is 1.02. The van der Waals surface area contributed by atoms with E-state index in [0.29, 0.717) is 13.2 Å². The molecule has 0 aromatic heterocycles. The van der Waals surface area contributed by atoms with E-state index >= 15 is 0 Å². The first-order valence-electron chi connectivity index (χ1n) is 4.67. The van der Waals surface area contributed by atoms with Gasteiger partial charge >= 0.3 is 5.97 Å². The quantitative estimate of drug-likeness (QED) is 0.707. The Morgan fingerprint density at radius 3 is 2.80 bits per heavy atom. The second kappa shape index (κ2) is 5.46. The monoisotopic (exact) mass is 211 g/mol. The van der Waals surface area contributed by atoms with Crippen molar-refractivity contribution in [1.29, 1.82) is 0 Å². The normalized spacial score (nSPS) is 10.4. The zero-order chi connectivity index (χ0) is 11.3. The van der Waals surface area contributed by atoms with E-state index in [1.807, 2.05) is 19.0 Å². The Balaban J connectivity index is 2.47. The predicted molar refractivity (Wildman–Crippen MR) is 55.2 cm³/mol. The van der Waals surface area contributed by atoms with E-state index in [0.717, 1.165) is 6.07 Å². The summed E-state index contributed by atoms with van der Waals surface area (Å²) in [6, 6.07) is 5.47. The van der Waals surface area contributed by atoms with Gasteiger partial charge in [0.05, 0.1) is 5.56 Å². The summed E-state index contributed by atoms with van der Waals surface area (Å²) in [6.07, 6.45) is 0. The Kier molecular flexibility index (Phi) is 4.24. The lowest BCUT2D eigenvalue weighted by Gasteiger charge is -2.09. The molecule has 82 valence electrons. The number of benzene rings is 1. The molecule has 4 heteroatoms. The summed E-state index contributed by atoms with van der Waals surface area (Å²) in [5.74, 6) is -0.923. The lowest BCUT2D eigenvalue weighted by molar-refractivity contribution is 0.0481. The first kappa shape index (κ1) is 11.7. The summed E-state index contributed by atoms with van der Waals surface area (Å²) >= 11 is 0. The van der Waals surface area contributed by atoms with Gasteiger partial charge in [-0.15, -0.1) is 0 Å². The van der Waals surface area contributed by atoms with Gasteiger partial charge in [-0.3, -0.25) is 0 Å². The molecule has 0 unspecified atom stereocenters. The van der Waals surface area contributed by atoms with Gasteiger partial charge in [-0.2, -0.15) is 0 Å². The third kappa shape index (κ3) is 4.08. The van der Waals surface area contributed by atoms with Crippen molar-refractivity contribution in [3.05, 3.63) is 35.6 Å². The largest absolute Gasteiger partial charge is 0.461 e. The van der Waals surface area contributed by atoms with Crippen molar-refractivity contribution in [1.82, 2.24) is 4.90 Å². The van der Waals surface area contributed by atoms with E-state index in [4.69, 9.17) is 4.74 Å². The van der Waals surface area contributed by atoms with Crippen LogP contribution in [-0.2, 0) is 4.74 Å². The number of halogens is 1. The molecule has 1 aromatic carbocycles. The van der Waals surface area contributed by atoms with Gasteiger partial charge in [0.25, 0.3) is 0 Å². The number of carbonyl (C=O) groups is 1. The van der Waals surface area contributed by atoms with Crippen molar-refractivity contribution in [2.45, 2.75) is 0 Å². The summed E-state index contributed by atoms with van der Waals surface area (Å²) in [7, 11) is 3.77. The zero-order valence-corrected chi connectivity index (χ0v) is 8.87. The van der Waals surface area contributed by atoms with Crippen LogP contribution < -0.4 is 0 Å². The standard InChI is InChI=1S/C11H14FNO2/c1-13(2)6-7-15-11(14)9-4-3-5-10(12)8-9/h3-5,8H,6-7H2,1-2H3. The molecule has 0 aliphatic carbocycles. The van der Waals surface area contributed by atoms with E-state index in [2.05, 4.69) is 0 Å². The SMILES string of the molecule is CN(C)CCOC(=O)c1cccc(F)c1. The van der Waals surface area contributed by atoms with Gasteiger partial charge in [-0.05, 0) is 32.3 Å². The van der Waals surface area contributed by atoms with Crippen LogP contribution >= 0.6 is 0 Å². The summed E-state index contributed by atoms with van der Waals surface area (Å²) in [5, 5.41) is 0. The van der Waals surface area contributed by atoms with Gasteiger partial charge < -0.3 is 9.64 Å². The van der Waals surface area contributed by atoms with Crippen molar-refractivity contribution in [2.75, 3.05) is 27.2 Å². The van der Waals surface area contributed by atoms with Crippen LogP contribution in [0, 0.1) is 5.82 Å². The van der Waals surface area contributed by atoms with E-state index in [9.17, 15) is 9.18 Å². The van der Waals surface area contributed by atoms with Crippen molar-refractivity contribution >= 4 is 5.97 Å². The number of carbonyl (C=O) groups excluding carboxylic acids is 1. The third-order valence-corrected chi connectivity index (χ3v) is 1.83. The van der Waals surface area contributed by atoms with Crippen LogP contribution in [0.15, 0.2) is 24.3 Å². The maximum Gasteiger partial charge on any atom is 0.338 e. The second-order valence-corrected chi connectivity index (χ2v) is 3.45. The highest BCUT2D eigenvalue weighted by Gasteiger charge is 2.07. The van der Waals surface area contributed by atoms with Gasteiger partial charge in [0.15, 0.2) is 0 Å². The Hall–Kier alpha value is -1.42. The van der Waals surface area contributed by atoms with Crippen molar-refractivity contribution in [3.8, 4) is 0 Å². The molecule has 0 aliphatic rings. The van der Waals surface area contributed by atoms with E-state index in [1.54, 1.807) is 0 Å². The minimum absolute atomic E-state index is 0.244. The van der Waals surface area contributed by atoms with Crippen molar-refractivity contribution in [2.24, 2.45) is 0 Å². The number of nitrogens with zero attached hydrogens (tertiary/aromatic N) is 1. The van der Waals surface area contributed by atoms with E-state index in [-0.39, 0.29) is 5.56 Å². The minimum atomic E-state index is -0.489. The highest BCUT2D eigenvalue weighted by Crippen LogP contribution is 2.04. The first-order valence-corrected chi connectivity index (χ1v) is 4.67. The predicted octanol–water partition coefficient (Wildman–Crippen LogP) is 1.54. The topological polar surface area (TPSA) is 29.5 Å². The molecular weight excluding hydrogens is 197 g/mol. The number of esters is 1. The maximum atomic E-state index is 12.8. The molecule has 1 aromatic rings. The molecule has 0 amide bonds. The molecule has 0 N–H and O–H groups in total. The number of likely N-dealkylation sites (N-methyl/N-ethyl adjacent to an activating group) is 1. The molecule has 0 aliphatic heterocycles. The van der Waals surface area contributed by atoms with Crippen LogP contribution in [0.2, 0.25) is 0 Å². The zero-order valence-electron chi connectivity index (χ0n) is 8.87. The fourth-order valence-corrected chi connectivity index (χ4v) is 1.02. The summed E-state index contributed by atoms with van der Waals surface area (Å²) in [6.45, 7) is 0.962. The minimum Gasteiger partial charge on any atom is -0.461 e. The summed E-state index contributed by atoms with van der Waals surface area (Å²) < 4.78 is 17.7. The molecule has 0 saturated carbocycles. The summed E-state index contributed by atoms with van der Waals surface area (Å²) in [4.78, 5) is 13.3. The van der Waals surface area contributed by atoms with Gasteiger partial charge in [0.2, 0.25) is 0 Å².